The first-order chi connectivity index (χ1) is 3.63. The van der Waals surface area contributed by atoms with Gasteiger partial charge in [-0.25, -0.2) is 0 Å². The smallest absolute Gasteiger partial charge is 0.0439 e. The van der Waals surface area contributed by atoms with Crippen molar-refractivity contribution in [2.24, 2.45) is 0 Å². The minimum absolute atomic E-state index is 0.808. The Bertz CT molecular complexity index is 109. The maximum atomic E-state index is 10.3. The third kappa shape index (κ3) is 5.69. The van der Waals surface area contributed by atoms with E-state index in [4.69, 9.17) is 0 Å². The van der Waals surface area contributed by atoms with E-state index in [1.807, 2.05) is 19.0 Å². The van der Waals surface area contributed by atoms with Crippen LogP contribution in [0.15, 0.2) is 11.6 Å². The normalized spacial score (nSPS) is 14.4. The van der Waals surface area contributed by atoms with Crippen LogP contribution in [0.2, 0.25) is 0 Å². The number of rotatable bonds is 2. The molecular weight excluding hydrogens is 122 g/mol. The average Bonchev–Trinajstić information content (AvgIpc) is 1.61. The van der Waals surface area contributed by atoms with Gasteiger partial charge in [-0.2, -0.15) is 0 Å². The lowest BCUT2D eigenvalue weighted by Crippen LogP contribution is -2.00. The molecule has 0 aromatic carbocycles. The van der Waals surface area contributed by atoms with Crippen molar-refractivity contribution in [1.29, 1.82) is 0 Å². The van der Waals surface area contributed by atoms with Crippen LogP contribution in [-0.2, 0) is 10.8 Å². The van der Waals surface area contributed by atoms with E-state index in [-0.39, 0.29) is 0 Å². The minimum Gasteiger partial charge on any atom is -0.383 e. The van der Waals surface area contributed by atoms with E-state index < -0.39 is 10.8 Å². The van der Waals surface area contributed by atoms with Gasteiger partial charge in [0.15, 0.2) is 0 Å². The van der Waals surface area contributed by atoms with Gasteiger partial charge in [-0.1, -0.05) is 0 Å². The summed E-state index contributed by atoms with van der Waals surface area (Å²) in [6.45, 7) is 0. The highest BCUT2D eigenvalue weighted by molar-refractivity contribution is 7.87. The molecule has 48 valence electrons. The van der Waals surface area contributed by atoms with Crippen LogP contribution in [0.25, 0.3) is 0 Å². The standard InChI is InChI=1S/C5H11NOS/c1-6(2)4-5-8(3)7/h4-5H,1-3H3. The van der Waals surface area contributed by atoms with Gasteiger partial charge in [0.25, 0.3) is 0 Å². The zero-order valence-corrected chi connectivity index (χ0v) is 6.23. The molecule has 0 N–H and O–H groups in total. The summed E-state index contributed by atoms with van der Waals surface area (Å²) in [5, 5.41) is 1.64. The highest BCUT2D eigenvalue weighted by Gasteiger charge is 1.77. The Labute approximate surface area is 52.6 Å². The van der Waals surface area contributed by atoms with Crippen molar-refractivity contribution in [3.8, 4) is 0 Å². The fourth-order valence-corrected chi connectivity index (χ4v) is 0.622. The van der Waals surface area contributed by atoms with E-state index in [1.54, 1.807) is 17.9 Å². The second-order valence-electron chi connectivity index (χ2n) is 1.75. The second kappa shape index (κ2) is 3.66. The molecule has 8 heavy (non-hydrogen) atoms. The highest BCUT2D eigenvalue weighted by atomic mass is 32.2. The summed E-state index contributed by atoms with van der Waals surface area (Å²) in [4.78, 5) is 1.85. The van der Waals surface area contributed by atoms with Crippen LogP contribution in [0.3, 0.4) is 0 Å². The van der Waals surface area contributed by atoms with Gasteiger partial charge in [0, 0.05) is 42.8 Å². The molecule has 3 heteroatoms. The fraction of sp³-hybridized carbons (Fsp3) is 0.600. The molecule has 0 saturated heterocycles. The summed E-state index contributed by atoms with van der Waals surface area (Å²) in [6, 6.07) is 0. The SMILES string of the molecule is CN(C)C=CS(C)=O. The Balaban J connectivity index is 3.50. The first-order valence-corrected chi connectivity index (χ1v) is 3.92. The topological polar surface area (TPSA) is 20.3 Å². The molecule has 0 spiro atoms. The fourth-order valence-electron chi connectivity index (χ4n) is 0.207. The summed E-state index contributed by atoms with van der Waals surface area (Å²) in [6.07, 6.45) is 3.41. The largest absolute Gasteiger partial charge is 0.383 e. The van der Waals surface area contributed by atoms with Crippen LogP contribution in [0.4, 0.5) is 0 Å². The van der Waals surface area contributed by atoms with E-state index in [2.05, 4.69) is 0 Å². The molecule has 1 atom stereocenters. The maximum Gasteiger partial charge on any atom is 0.0439 e. The molecule has 2 nitrogen and oxygen atoms in total. The molecule has 0 aromatic heterocycles. The zero-order chi connectivity index (χ0) is 6.57. The van der Waals surface area contributed by atoms with Crippen molar-refractivity contribution in [3.05, 3.63) is 11.6 Å². The molecule has 0 fully saturated rings. The molecule has 0 aliphatic carbocycles. The summed E-state index contributed by atoms with van der Waals surface area (Å²) in [7, 11) is 2.98. The van der Waals surface area contributed by atoms with Gasteiger partial charge in [-0.3, -0.25) is 4.21 Å². The summed E-state index contributed by atoms with van der Waals surface area (Å²) in [5.74, 6) is 0. The maximum absolute atomic E-state index is 10.3. The monoisotopic (exact) mass is 133 g/mol. The van der Waals surface area contributed by atoms with E-state index >= 15 is 0 Å². The molecule has 0 heterocycles. The van der Waals surface area contributed by atoms with Gasteiger partial charge in [-0.15, -0.1) is 0 Å². The lowest BCUT2D eigenvalue weighted by Gasteiger charge is -2.00. The summed E-state index contributed by atoms with van der Waals surface area (Å²) in [5.41, 5.74) is 0. The predicted octanol–water partition coefficient (Wildman–Crippen LogP) is 0.398. The molecule has 0 radical (unpaired) electrons. The van der Waals surface area contributed by atoms with Crippen LogP contribution in [-0.4, -0.2) is 29.5 Å². The summed E-state index contributed by atoms with van der Waals surface area (Å²) >= 11 is 0. The molecule has 0 aliphatic heterocycles. The Morgan fingerprint density at radius 2 is 2.00 bits per heavy atom. The van der Waals surface area contributed by atoms with Gasteiger partial charge in [0.2, 0.25) is 0 Å². The van der Waals surface area contributed by atoms with Gasteiger partial charge in [-0.05, 0) is 0 Å². The number of nitrogens with zero attached hydrogens (tertiary/aromatic N) is 1. The van der Waals surface area contributed by atoms with Crippen LogP contribution >= 0.6 is 0 Å². The average molecular weight is 133 g/mol. The molecule has 0 saturated carbocycles. The van der Waals surface area contributed by atoms with Gasteiger partial charge < -0.3 is 4.90 Å². The Morgan fingerprint density at radius 1 is 1.50 bits per heavy atom. The molecule has 0 amide bonds. The first kappa shape index (κ1) is 7.69. The van der Waals surface area contributed by atoms with Crippen molar-refractivity contribution in [1.82, 2.24) is 4.90 Å². The van der Waals surface area contributed by atoms with E-state index in [0.29, 0.717) is 0 Å². The Hall–Kier alpha value is -0.310. The highest BCUT2D eigenvalue weighted by Crippen LogP contribution is 1.79. The van der Waals surface area contributed by atoms with Crippen molar-refractivity contribution < 1.29 is 4.21 Å². The van der Waals surface area contributed by atoms with Gasteiger partial charge >= 0.3 is 0 Å². The van der Waals surface area contributed by atoms with E-state index in [0.717, 1.165) is 0 Å². The number of hydrogen-bond donors (Lipinski definition) is 0. The molecule has 0 aromatic rings. The third-order valence-electron chi connectivity index (χ3n) is 0.551. The van der Waals surface area contributed by atoms with E-state index in [1.165, 1.54) is 0 Å². The van der Waals surface area contributed by atoms with Crippen molar-refractivity contribution in [2.45, 2.75) is 0 Å². The number of hydrogen-bond acceptors (Lipinski definition) is 2. The predicted molar refractivity (Wildman–Crippen MR) is 36.9 cm³/mol. The first-order valence-electron chi connectivity index (χ1n) is 2.30. The van der Waals surface area contributed by atoms with Crippen LogP contribution in [0.1, 0.15) is 0 Å². The quantitative estimate of drug-likeness (QED) is 0.543. The van der Waals surface area contributed by atoms with Crippen molar-refractivity contribution in [2.75, 3.05) is 20.4 Å². The Kier molecular flexibility index (Phi) is 3.52. The third-order valence-corrected chi connectivity index (χ3v) is 1.06. The molecule has 1 unspecified atom stereocenters. The molecule has 0 aliphatic rings. The Morgan fingerprint density at radius 3 is 2.12 bits per heavy atom. The van der Waals surface area contributed by atoms with Crippen molar-refractivity contribution >= 4 is 10.8 Å². The lowest BCUT2D eigenvalue weighted by molar-refractivity contribution is 0.564. The molecule has 0 bridgehead atoms. The zero-order valence-electron chi connectivity index (χ0n) is 5.42. The van der Waals surface area contributed by atoms with Crippen LogP contribution in [0.5, 0.6) is 0 Å². The van der Waals surface area contributed by atoms with Gasteiger partial charge in [0.1, 0.15) is 0 Å². The second-order valence-corrected chi connectivity index (χ2v) is 3.02. The lowest BCUT2D eigenvalue weighted by atomic mass is 10.9. The van der Waals surface area contributed by atoms with Crippen LogP contribution in [0, 0.1) is 0 Å². The van der Waals surface area contributed by atoms with Gasteiger partial charge in [0.05, 0.1) is 0 Å². The van der Waals surface area contributed by atoms with Crippen molar-refractivity contribution in [3.63, 3.8) is 0 Å². The minimum atomic E-state index is -0.808. The molecule has 0 rings (SSSR count). The molecular formula is C5H11NOS. The van der Waals surface area contributed by atoms with E-state index in [9.17, 15) is 4.21 Å². The summed E-state index contributed by atoms with van der Waals surface area (Å²) < 4.78 is 10.3. The van der Waals surface area contributed by atoms with Crippen LogP contribution < -0.4 is 0 Å².